The number of nitrogens with zero attached hydrogens (tertiary/aromatic N) is 2. The highest BCUT2D eigenvalue weighted by Crippen LogP contribution is 2.35. The van der Waals surface area contributed by atoms with E-state index in [0.717, 1.165) is 51.6 Å². The molecule has 2 fully saturated rings. The Hall–Kier alpha value is -0.940. The minimum atomic E-state index is -0.0924. The van der Waals surface area contributed by atoms with E-state index in [1.54, 1.807) is 5.01 Å². The molecule has 1 saturated heterocycles. The summed E-state index contributed by atoms with van der Waals surface area (Å²) in [6.45, 7) is 4.01. The standard InChI is InChI=1S/C18H30N2O3/c1-2-7-15-14-8-3-4-9-16(14)19-20(18(15)21)11-13-23-17-10-5-6-12-22-17/h14-15,17H,2-13H2,1H3. The summed E-state index contributed by atoms with van der Waals surface area (Å²) in [5, 5.41) is 6.36. The zero-order valence-corrected chi connectivity index (χ0v) is 14.3. The Labute approximate surface area is 139 Å². The number of fused-ring (bicyclic) bond motifs is 1. The lowest BCUT2D eigenvalue weighted by atomic mass is 9.75. The van der Waals surface area contributed by atoms with E-state index in [2.05, 4.69) is 12.0 Å². The average molecular weight is 322 g/mol. The number of amides is 1. The van der Waals surface area contributed by atoms with E-state index in [1.165, 1.54) is 18.6 Å². The van der Waals surface area contributed by atoms with Gasteiger partial charge < -0.3 is 9.47 Å². The number of hydrazone groups is 1. The van der Waals surface area contributed by atoms with Crippen LogP contribution >= 0.6 is 0 Å². The topological polar surface area (TPSA) is 51.1 Å². The SMILES string of the molecule is CCCC1C(=O)N(CCOC2CCCCO2)N=C2CCCCC21. The monoisotopic (exact) mass is 322 g/mol. The van der Waals surface area contributed by atoms with E-state index < -0.39 is 0 Å². The summed E-state index contributed by atoms with van der Waals surface area (Å²) in [6, 6.07) is 0. The number of rotatable bonds is 6. The van der Waals surface area contributed by atoms with Gasteiger partial charge in [-0.25, -0.2) is 5.01 Å². The molecule has 0 bridgehead atoms. The van der Waals surface area contributed by atoms with Crippen molar-refractivity contribution in [3.63, 3.8) is 0 Å². The van der Waals surface area contributed by atoms with Crippen LogP contribution in [0.2, 0.25) is 0 Å². The van der Waals surface area contributed by atoms with Gasteiger partial charge in [0, 0.05) is 24.2 Å². The van der Waals surface area contributed by atoms with Crippen molar-refractivity contribution in [3.8, 4) is 0 Å². The molecule has 1 saturated carbocycles. The van der Waals surface area contributed by atoms with Gasteiger partial charge in [0.25, 0.3) is 0 Å². The molecule has 5 nitrogen and oxygen atoms in total. The molecule has 0 spiro atoms. The van der Waals surface area contributed by atoms with E-state index in [1.807, 2.05) is 0 Å². The first-order valence-electron chi connectivity index (χ1n) is 9.41. The van der Waals surface area contributed by atoms with Gasteiger partial charge in [0.05, 0.1) is 13.2 Å². The summed E-state index contributed by atoms with van der Waals surface area (Å²) in [7, 11) is 0. The third-order valence-electron chi connectivity index (χ3n) is 5.28. The summed E-state index contributed by atoms with van der Waals surface area (Å²) in [5.41, 5.74) is 1.25. The normalized spacial score (nSPS) is 31.7. The van der Waals surface area contributed by atoms with Crippen LogP contribution in [-0.2, 0) is 14.3 Å². The van der Waals surface area contributed by atoms with Crippen molar-refractivity contribution in [3.05, 3.63) is 0 Å². The third-order valence-corrected chi connectivity index (χ3v) is 5.28. The first kappa shape index (κ1) is 16.9. The molecule has 0 aromatic heterocycles. The van der Waals surface area contributed by atoms with Crippen LogP contribution in [0.3, 0.4) is 0 Å². The van der Waals surface area contributed by atoms with E-state index >= 15 is 0 Å². The van der Waals surface area contributed by atoms with Crippen LogP contribution in [0.4, 0.5) is 0 Å². The molecule has 0 aromatic carbocycles. The zero-order valence-electron chi connectivity index (χ0n) is 14.3. The van der Waals surface area contributed by atoms with E-state index in [-0.39, 0.29) is 18.1 Å². The highest BCUT2D eigenvalue weighted by molar-refractivity contribution is 5.96. The lowest BCUT2D eigenvalue weighted by Gasteiger charge is -2.38. The van der Waals surface area contributed by atoms with Gasteiger partial charge in [0.15, 0.2) is 6.29 Å². The Balaban J connectivity index is 1.57. The van der Waals surface area contributed by atoms with E-state index in [0.29, 0.717) is 19.1 Å². The Morgan fingerprint density at radius 3 is 2.91 bits per heavy atom. The first-order valence-corrected chi connectivity index (χ1v) is 9.41. The van der Waals surface area contributed by atoms with Gasteiger partial charge in [-0.15, -0.1) is 0 Å². The number of hydrogen-bond acceptors (Lipinski definition) is 4. The summed E-state index contributed by atoms with van der Waals surface area (Å²) >= 11 is 0. The lowest BCUT2D eigenvalue weighted by Crippen LogP contribution is -2.46. The van der Waals surface area contributed by atoms with Crippen molar-refractivity contribution in [1.29, 1.82) is 0 Å². The molecule has 3 aliphatic rings. The number of carbonyl (C=O) groups excluding carboxylic acids is 1. The van der Waals surface area contributed by atoms with Crippen molar-refractivity contribution in [1.82, 2.24) is 5.01 Å². The summed E-state index contributed by atoms with van der Waals surface area (Å²) in [6.07, 6.45) is 9.83. The van der Waals surface area contributed by atoms with Crippen LogP contribution in [0.25, 0.3) is 0 Å². The van der Waals surface area contributed by atoms with Crippen LogP contribution in [0.1, 0.15) is 64.7 Å². The number of hydrogen-bond donors (Lipinski definition) is 0. The predicted octanol–water partition coefficient (Wildman–Crippen LogP) is 3.33. The van der Waals surface area contributed by atoms with Crippen LogP contribution in [0.15, 0.2) is 5.10 Å². The Morgan fingerprint density at radius 2 is 2.13 bits per heavy atom. The summed E-state index contributed by atoms with van der Waals surface area (Å²) in [4.78, 5) is 12.8. The fraction of sp³-hybridized carbons (Fsp3) is 0.889. The summed E-state index contributed by atoms with van der Waals surface area (Å²) in [5.74, 6) is 0.740. The van der Waals surface area contributed by atoms with Crippen LogP contribution in [-0.4, -0.2) is 42.7 Å². The maximum atomic E-state index is 12.8. The third kappa shape index (κ3) is 4.13. The van der Waals surface area contributed by atoms with Crippen molar-refractivity contribution in [2.45, 2.75) is 71.0 Å². The molecule has 3 rings (SSSR count). The molecule has 3 unspecified atom stereocenters. The molecular weight excluding hydrogens is 292 g/mol. The van der Waals surface area contributed by atoms with Crippen molar-refractivity contribution >= 4 is 11.6 Å². The molecule has 1 amide bonds. The largest absolute Gasteiger partial charge is 0.353 e. The Kier molecular flexibility index (Phi) is 6.06. The lowest BCUT2D eigenvalue weighted by molar-refractivity contribution is -0.167. The van der Waals surface area contributed by atoms with Crippen molar-refractivity contribution < 1.29 is 14.3 Å². The van der Waals surface area contributed by atoms with E-state index in [4.69, 9.17) is 9.47 Å². The maximum Gasteiger partial charge on any atom is 0.246 e. The van der Waals surface area contributed by atoms with Gasteiger partial charge in [-0.1, -0.05) is 19.8 Å². The quantitative estimate of drug-likeness (QED) is 0.753. The molecule has 130 valence electrons. The second-order valence-electron chi connectivity index (χ2n) is 6.97. The van der Waals surface area contributed by atoms with Gasteiger partial charge in [-0.2, -0.15) is 5.10 Å². The molecule has 3 atom stereocenters. The molecule has 2 aliphatic heterocycles. The molecule has 5 heteroatoms. The fourth-order valence-electron chi connectivity index (χ4n) is 4.06. The average Bonchev–Trinajstić information content (AvgIpc) is 2.59. The van der Waals surface area contributed by atoms with Gasteiger partial charge in [-0.3, -0.25) is 4.79 Å². The first-order chi connectivity index (χ1) is 11.3. The van der Waals surface area contributed by atoms with Crippen molar-refractivity contribution in [2.75, 3.05) is 19.8 Å². The Morgan fingerprint density at radius 1 is 1.26 bits per heavy atom. The minimum absolute atomic E-state index is 0.0924. The molecule has 0 radical (unpaired) electrons. The van der Waals surface area contributed by atoms with Crippen LogP contribution < -0.4 is 0 Å². The number of carbonyl (C=O) groups is 1. The molecule has 0 aromatic rings. The van der Waals surface area contributed by atoms with E-state index in [9.17, 15) is 4.79 Å². The fourth-order valence-corrected chi connectivity index (χ4v) is 4.06. The van der Waals surface area contributed by atoms with Crippen LogP contribution in [0, 0.1) is 11.8 Å². The molecule has 23 heavy (non-hydrogen) atoms. The smallest absolute Gasteiger partial charge is 0.246 e. The van der Waals surface area contributed by atoms with Gasteiger partial charge in [0.1, 0.15) is 0 Å². The zero-order chi connectivity index (χ0) is 16.1. The minimum Gasteiger partial charge on any atom is -0.353 e. The highest BCUT2D eigenvalue weighted by atomic mass is 16.7. The molecule has 1 aliphatic carbocycles. The van der Waals surface area contributed by atoms with Crippen molar-refractivity contribution in [2.24, 2.45) is 16.9 Å². The molecule has 0 N–H and O–H groups in total. The van der Waals surface area contributed by atoms with Gasteiger partial charge >= 0.3 is 0 Å². The van der Waals surface area contributed by atoms with Gasteiger partial charge in [0.2, 0.25) is 5.91 Å². The Bertz CT molecular complexity index is 432. The predicted molar refractivity (Wildman–Crippen MR) is 89.0 cm³/mol. The summed E-state index contributed by atoms with van der Waals surface area (Å²) < 4.78 is 11.4. The van der Waals surface area contributed by atoms with Crippen LogP contribution in [0.5, 0.6) is 0 Å². The maximum absolute atomic E-state index is 12.8. The molecular formula is C18H30N2O3. The second-order valence-corrected chi connectivity index (χ2v) is 6.97. The second kappa shape index (κ2) is 8.25. The molecule has 2 heterocycles. The number of ether oxygens (including phenoxy) is 2. The van der Waals surface area contributed by atoms with Gasteiger partial charge in [-0.05, 0) is 44.9 Å². The highest BCUT2D eigenvalue weighted by Gasteiger charge is 2.39.